The quantitative estimate of drug-likeness (QED) is 0.838. The van der Waals surface area contributed by atoms with Gasteiger partial charge in [-0.15, -0.1) is 0 Å². The van der Waals surface area contributed by atoms with Crippen molar-refractivity contribution in [1.29, 1.82) is 0 Å². The summed E-state index contributed by atoms with van der Waals surface area (Å²) in [6, 6.07) is 5.60. The highest BCUT2D eigenvalue weighted by Crippen LogP contribution is 2.34. The summed E-state index contributed by atoms with van der Waals surface area (Å²) in [4.78, 5) is 11.5. The van der Waals surface area contributed by atoms with Crippen LogP contribution in [0.25, 0.3) is 0 Å². The van der Waals surface area contributed by atoms with Gasteiger partial charge in [0.15, 0.2) is 11.5 Å². The maximum Gasteiger partial charge on any atom is 0.323 e. The lowest BCUT2D eigenvalue weighted by molar-refractivity contribution is -0.144. The van der Waals surface area contributed by atoms with Crippen LogP contribution in [0.4, 0.5) is 0 Å². The van der Waals surface area contributed by atoms with Crippen molar-refractivity contribution < 1.29 is 19.4 Å². The van der Waals surface area contributed by atoms with E-state index < -0.39 is 11.5 Å². The van der Waals surface area contributed by atoms with Gasteiger partial charge in [-0.2, -0.15) is 0 Å². The van der Waals surface area contributed by atoms with Crippen molar-refractivity contribution in [3.05, 3.63) is 23.8 Å². The van der Waals surface area contributed by atoms with E-state index in [-0.39, 0.29) is 12.8 Å². The number of ether oxygens (including phenoxy) is 2. The summed E-state index contributed by atoms with van der Waals surface area (Å²) in [6.45, 7) is 5.90. The number of nitrogens with one attached hydrogen (secondary N) is 1. The normalized spacial score (nSPS) is 17.6. The Hall–Kier alpha value is -1.75. The first kappa shape index (κ1) is 14.7. The first-order chi connectivity index (χ1) is 9.46. The van der Waals surface area contributed by atoms with Crippen LogP contribution in [0.15, 0.2) is 18.2 Å². The van der Waals surface area contributed by atoms with Gasteiger partial charge in [0.25, 0.3) is 0 Å². The molecule has 0 bridgehead atoms. The van der Waals surface area contributed by atoms with E-state index in [0.29, 0.717) is 12.2 Å². The fraction of sp³-hybridized carbons (Fsp3) is 0.533. The van der Waals surface area contributed by atoms with E-state index in [1.54, 1.807) is 6.92 Å². The van der Waals surface area contributed by atoms with E-state index in [1.807, 2.05) is 32.0 Å². The van der Waals surface area contributed by atoms with Gasteiger partial charge in [-0.1, -0.05) is 19.4 Å². The fourth-order valence-electron chi connectivity index (χ4n) is 2.48. The SMILES string of the molecule is CCCC(C)(NC(C)c1ccc2c(c1)OCO2)C(=O)O. The van der Waals surface area contributed by atoms with Gasteiger partial charge in [0.2, 0.25) is 6.79 Å². The number of hydrogen-bond acceptors (Lipinski definition) is 4. The summed E-state index contributed by atoms with van der Waals surface area (Å²) in [5.41, 5.74) is 0.0580. The zero-order valence-corrected chi connectivity index (χ0v) is 12.1. The Balaban J connectivity index is 2.14. The van der Waals surface area contributed by atoms with Crippen LogP contribution in [0.3, 0.4) is 0 Å². The predicted molar refractivity (Wildman–Crippen MR) is 75.1 cm³/mol. The Morgan fingerprint density at radius 1 is 1.45 bits per heavy atom. The number of fused-ring (bicyclic) bond motifs is 1. The highest BCUT2D eigenvalue weighted by atomic mass is 16.7. The van der Waals surface area contributed by atoms with Crippen molar-refractivity contribution in [1.82, 2.24) is 5.32 Å². The van der Waals surface area contributed by atoms with Gasteiger partial charge in [-0.25, -0.2) is 0 Å². The molecule has 1 heterocycles. The maximum absolute atomic E-state index is 11.5. The molecule has 1 aliphatic heterocycles. The summed E-state index contributed by atoms with van der Waals surface area (Å²) < 4.78 is 10.6. The monoisotopic (exact) mass is 279 g/mol. The molecule has 0 aromatic heterocycles. The molecular formula is C15H21NO4. The lowest BCUT2D eigenvalue weighted by atomic mass is 9.94. The Morgan fingerprint density at radius 2 is 2.15 bits per heavy atom. The molecule has 0 spiro atoms. The van der Waals surface area contributed by atoms with E-state index in [4.69, 9.17) is 9.47 Å². The third-order valence-corrected chi connectivity index (χ3v) is 3.65. The van der Waals surface area contributed by atoms with Gasteiger partial charge < -0.3 is 14.6 Å². The van der Waals surface area contributed by atoms with Crippen LogP contribution in [-0.2, 0) is 4.79 Å². The molecule has 5 heteroatoms. The van der Waals surface area contributed by atoms with Crippen molar-refractivity contribution in [3.63, 3.8) is 0 Å². The molecular weight excluding hydrogens is 258 g/mol. The van der Waals surface area contributed by atoms with Crippen molar-refractivity contribution in [2.24, 2.45) is 0 Å². The highest BCUT2D eigenvalue weighted by Gasteiger charge is 2.33. The Labute approximate surface area is 118 Å². The van der Waals surface area contributed by atoms with Gasteiger partial charge >= 0.3 is 5.97 Å². The molecule has 0 radical (unpaired) electrons. The second kappa shape index (κ2) is 5.71. The zero-order valence-electron chi connectivity index (χ0n) is 12.1. The molecule has 2 unspecified atom stereocenters. The molecule has 0 fully saturated rings. The highest BCUT2D eigenvalue weighted by molar-refractivity contribution is 5.78. The molecule has 0 saturated heterocycles. The van der Waals surface area contributed by atoms with E-state index in [0.717, 1.165) is 17.7 Å². The minimum absolute atomic E-state index is 0.0860. The lowest BCUT2D eigenvalue weighted by Crippen LogP contribution is -2.50. The Kier molecular flexibility index (Phi) is 4.18. The molecule has 1 aromatic carbocycles. The summed E-state index contributed by atoms with van der Waals surface area (Å²) in [5, 5.41) is 12.6. The second-order valence-electron chi connectivity index (χ2n) is 5.37. The van der Waals surface area contributed by atoms with Gasteiger partial charge in [0.05, 0.1) is 0 Å². The van der Waals surface area contributed by atoms with Crippen molar-refractivity contribution in [3.8, 4) is 11.5 Å². The minimum atomic E-state index is -0.926. The summed E-state index contributed by atoms with van der Waals surface area (Å²) in [6.07, 6.45) is 1.39. The van der Waals surface area contributed by atoms with Crippen molar-refractivity contribution >= 4 is 5.97 Å². The summed E-state index contributed by atoms with van der Waals surface area (Å²) in [7, 11) is 0. The largest absolute Gasteiger partial charge is 0.480 e. The van der Waals surface area contributed by atoms with E-state index in [1.165, 1.54) is 0 Å². The Morgan fingerprint density at radius 3 is 2.80 bits per heavy atom. The number of carbonyl (C=O) groups is 1. The summed E-state index contributed by atoms with van der Waals surface area (Å²) >= 11 is 0. The predicted octanol–water partition coefficient (Wildman–Crippen LogP) is 2.71. The molecule has 2 rings (SSSR count). The molecule has 2 N–H and O–H groups in total. The van der Waals surface area contributed by atoms with E-state index >= 15 is 0 Å². The summed E-state index contributed by atoms with van der Waals surface area (Å²) in [5.74, 6) is 0.617. The van der Waals surface area contributed by atoms with Crippen LogP contribution in [0.5, 0.6) is 11.5 Å². The number of rotatable bonds is 6. The van der Waals surface area contributed by atoms with Gasteiger partial charge in [-0.3, -0.25) is 10.1 Å². The molecule has 1 aromatic rings. The van der Waals surface area contributed by atoms with E-state index in [9.17, 15) is 9.90 Å². The zero-order chi connectivity index (χ0) is 14.8. The number of aliphatic carboxylic acids is 1. The third kappa shape index (κ3) is 2.88. The molecule has 2 atom stereocenters. The lowest BCUT2D eigenvalue weighted by Gasteiger charge is -2.30. The van der Waals surface area contributed by atoms with Crippen molar-refractivity contribution in [2.45, 2.75) is 45.2 Å². The van der Waals surface area contributed by atoms with Crippen LogP contribution < -0.4 is 14.8 Å². The average molecular weight is 279 g/mol. The number of carboxylic acids is 1. The molecule has 0 saturated carbocycles. The topological polar surface area (TPSA) is 67.8 Å². The number of benzene rings is 1. The van der Waals surface area contributed by atoms with Crippen molar-refractivity contribution in [2.75, 3.05) is 6.79 Å². The molecule has 20 heavy (non-hydrogen) atoms. The number of carboxylic acid groups (broad SMARTS) is 1. The maximum atomic E-state index is 11.5. The molecule has 5 nitrogen and oxygen atoms in total. The van der Waals surface area contributed by atoms with Crippen LogP contribution in [0, 0.1) is 0 Å². The fourth-order valence-corrected chi connectivity index (χ4v) is 2.48. The van der Waals surface area contributed by atoms with E-state index in [2.05, 4.69) is 5.32 Å². The third-order valence-electron chi connectivity index (χ3n) is 3.65. The smallest absolute Gasteiger partial charge is 0.323 e. The van der Waals surface area contributed by atoms with Crippen LogP contribution in [0.1, 0.15) is 45.2 Å². The molecule has 0 amide bonds. The van der Waals surface area contributed by atoms with Crippen LogP contribution >= 0.6 is 0 Å². The van der Waals surface area contributed by atoms with Gasteiger partial charge in [0, 0.05) is 6.04 Å². The van der Waals surface area contributed by atoms with Crippen LogP contribution in [0.2, 0.25) is 0 Å². The molecule has 1 aliphatic rings. The first-order valence-electron chi connectivity index (χ1n) is 6.87. The standard InChI is InChI=1S/C15H21NO4/c1-4-7-15(3,14(17)18)16-10(2)11-5-6-12-13(8-11)20-9-19-12/h5-6,8,10,16H,4,7,9H2,1-3H3,(H,17,18). The minimum Gasteiger partial charge on any atom is -0.480 e. The first-order valence-corrected chi connectivity index (χ1v) is 6.87. The van der Waals surface area contributed by atoms with Gasteiger partial charge in [0.1, 0.15) is 5.54 Å². The molecule has 0 aliphatic carbocycles. The number of hydrogen-bond donors (Lipinski definition) is 2. The van der Waals surface area contributed by atoms with Gasteiger partial charge in [-0.05, 0) is 38.0 Å². The second-order valence-corrected chi connectivity index (χ2v) is 5.37. The average Bonchev–Trinajstić information content (AvgIpc) is 2.85. The molecule has 110 valence electrons. The van der Waals surface area contributed by atoms with Crippen LogP contribution in [-0.4, -0.2) is 23.4 Å². The Bertz CT molecular complexity index is 503.